The minimum absolute atomic E-state index is 0.0530. The summed E-state index contributed by atoms with van der Waals surface area (Å²) in [7, 11) is 3.43. The molecule has 0 unspecified atom stereocenters. The van der Waals surface area contributed by atoms with Crippen LogP contribution in [0.1, 0.15) is 16.8 Å². The molecule has 0 aliphatic carbocycles. The SMILES string of the molecule is CN(C)C(=O)c1ccc(NCCSCCCO)c(N)c1. The van der Waals surface area contributed by atoms with Crippen molar-refractivity contribution >= 4 is 29.0 Å². The molecule has 0 atom stereocenters. The van der Waals surface area contributed by atoms with Crippen LogP contribution in [0.4, 0.5) is 11.4 Å². The summed E-state index contributed by atoms with van der Waals surface area (Å²) in [6.45, 7) is 1.05. The van der Waals surface area contributed by atoms with Gasteiger partial charge in [0, 0.05) is 38.6 Å². The van der Waals surface area contributed by atoms with Crippen molar-refractivity contribution in [2.24, 2.45) is 0 Å². The van der Waals surface area contributed by atoms with Gasteiger partial charge in [0.05, 0.1) is 11.4 Å². The van der Waals surface area contributed by atoms with E-state index in [1.807, 2.05) is 6.07 Å². The number of nitrogen functional groups attached to an aromatic ring is 1. The number of benzene rings is 1. The van der Waals surface area contributed by atoms with Crippen LogP contribution in [0, 0.1) is 0 Å². The third-order valence-corrected chi connectivity index (χ3v) is 3.78. The predicted octanol–water partition coefficient (Wildman–Crippen LogP) is 1.50. The normalized spacial score (nSPS) is 10.3. The van der Waals surface area contributed by atoms with Gasteiger partial charge >= 0.3 is 0 Å². The van der Waals surface area contributed by atoms with E-state index in [9.17, 15) is 4.79 Å². The molecule has 1 rings (SSSR count). The third-order valence-electron chi connectivity index (χ3n) is 2.71. The van der Waals surface area contributed by atoms with E-state index in [0.717, 1.165) is 30.2 Å². The van der Waals surface area contributed by atoms with Crippen molar-refractivity contribution in [3.63, 3.8) is 0 Å². The smallest absolute Gasteiger partial charge is 0.253 e. The molecule has 1 aromatic carbocycles. The largest absolute Gasteiger partial charge is 0.397 e. The number of carbonyl (C=O) groups excluding carboxylic acids is 1. The first kappa shape index (κ1) is 16.7. The van der Waals surface area contributed by atoms with E-state index in [4.69, 9.17) is 10.8 Å². The topological polar surface area (TPSA) is 78.6 Å². The maximum absolute atomic E-state index is 11.8. The summed E-state index contributed by atoms with van der Waals surface area (Å²) in [4.78, 5) is 13.3. The van der Waals surface area contributed by atoms with E-state index in [0.29, 0.717) is 11.3 Å². The van der Waals surface area contributed by atoms with Crippen molar-refractivity contribution in [2.45, 2.75) is 6.42 Å². The Hall–Kier alpha value is -1.40. The highest BCUT2D eigenvalue weighted by Gasteiger charge is 2.09. The van der Waals surface area contributed by atoms with Crippen LogP contribution < -0.4 is 11.1 Å². The molecule has 0 aliphatic heterocycles. The Balaban J connectivity index is 2.46. The molecular formula is C14H23N3O2S. The molecule has 1 aromatic rings. The van der Waals surface area contributed by atoms with Gasteiger partial charge in [-0.15, -0.1) is 0 Å². The molecule has 0 heterocycles. The molecule has 6 heteroatoms. The first-order valence-corrected chi connectivity index (χ1v) is 7.75. The molecule has 0 radical (unpaired) electrons. The van der Waals surface area contributed by atoms with Gasteiger partial charge < -0.3 is 21.1 Å². The third kappa shape index (κ3) is 5.30. The zero-order chi connectivity index (χ0) is 15.0. The lowest BCUT2D eigenvalue weighted by Crippen LogP contribution is -2.21. The van der Waals surface area contributed by atoms with E-state index in [2.05, 4.69) is 5.32 Å². The number of carbonyl (C=O) groups is 1. The Morgan fingerprint density at radius 2 is 2.15 bits per heavy atom. The first-order valence-electron chi connectivity index (χ1n) is 6.60. The molecule has 20 heavy (non-hydrogen) atoms. The van der Waals surface area contributed by atoms with Gasteiger partial charge in [-0.25, -0.2) is 0 Å². The van der Waals surface area contributed by atoms with E-state index < -0.39 is 0 Å². The Kier molecular flexibility index (Phi) is 7.25. The number of nitrogens with zero attached hydrogens (tertiary/aromatic N) is 1. The highest BCUT2D eigenvalue weighted by atomic mass is 32.2. The predicted molar refractivity (Wildman–Crippen MR) is 86.4 cm³/mol. The summed E-state index contributed by atoms with van der Waals surface area (Å²) in [5, 5.41) is 11.9. The lowest BCUT2D eigenvalue weighted by molar-refractivity contribution is 0.0827. The summed E-state index contributed by atoms with van der Waals surface area (Å²) in [6.07, 6.45) is 0.828. The first-order chi connectivity index (χ1) is 9.56. The fourth-order valence-electron chi connectivity index (χ4n) is 1.64. The average Bonchev–Trinajstić information content (AvgIpc) is 2.43. The van der Waals surface area contributed by atoms with Crippen LogP contribution in [-0.2, 0) is 0 Å². The number of hydrogen-bond donors (Lipinski definition) is 3. The number of nitrogens with one attached hydrogen (secondary N) is 1. The maximum Gasteiger partial charge on any atom is 0.253 e. The van der Waals surface area contributed by atoms with Crippen LogP contribution in [0.15, 0.2) is 18.2 Å². The molecule has 0 spiro atoms. The molecule has 1 amide bonds. The highest BCUT2D eigenvalue weighted by Crippen LogP contribution is 2.20. The van der Waals surface area contributed by atoms with Crippen molar-refractivity contribution < 1.29 is 9.90 Å². The van der Waals surface area contributed by atoms with Gasteiger partial charge in [-0.2, -0.15) is 11.8 Å². The molecule has 0 saturated carbocycles. The second-order valence-electron chi connectivity index (χ2n) is 4.62. The van der Waals surface area contributed by atoms with Gasteiger partial charge in [0.15, 0.2) is 0 Å². The number of thioether (sulfide) groups is 1. The molecule has 4 N–H and O–H groups in total. The van der Waals surface area contributed by atoms with Gasteiger partial charge in [-0.1, -0.05) is 0 Å². The summed E-state index contributed by atoms with van der Waals surface area (Å²) < 4.78 is 0. The van der Waals surface area contributed by atoms with Crippen molar-refractivity contribution in [2.75, 3.05) is 49.8 Å². The number of aliphatic hydroxyl groups is 1. The summed E-state index contributed by atoms with van der Waals surface area (Å²) in [5.41, 5.74) is 7.97. The number of rotatable bonds is 8. The van der Waals surface area contributed by atoms with E-state index in [1.54, 1.807) is 38.0 Å². The van der Waals surface area contributed by atoms with Crippen LogP contribution in [-0.4, -0.2) is 54.7 Å². The molecule has 0 aliphatic rings. The fraction of sp³-hybridized carbons (Fsp3) is 0.500. The Bertz CT molecular complexity index is 438. The Morgan fingerprint density at radius 3 is 2.75 bits per heavy atom. The Morgan fingerprint density at radius 1 is 1.40 bits per heavy atom. The molecule has 5 nitrogen and oxygen atoms in total. The second-order valence-corrected chi connectivity index (χ2v) is 5.84. The second kappa shape index (κ2) is 8.71. The van der Waals surface area contributed by atoms with Gasteiger partial charge in [0.25, 0.3) is 5.91 Å². The Labute approximate surface area is 124 Å². The van der Waals surface area contributed by atoms with E-state index in [1.165, 1.54) is 4.90 Å². The number of nitrogens with two attached hydrogens (primary N) is 1. The maximum atomic E-state index is 11.8. The monoisotopic (exact) mass is 297 g/mol. The van der Waals surface area contributed by atoms with Crippen LogP contribution >= 0.6 is 11.8 Å². The van der Waals surface area contributed by atoms with Gasteiger partial charge in [-0.3, -0.25) is 4.79 Å². The van der Waals surface area contributed by atoms with Crippen molar-refractivity contribution in [3.8, 4) is 0 Å². The number of amides is 1. The summed E-state index contributed by atoms with van der Waals surface area (Å²) in [5.74, 6) is 1.87. The van der Waals surface area contributed by atoms with E-state index in [-0.39, 0.29) is 12.5 Å². The van der Waals surface area contributed by atoms with Crippen molar-refractivity contribution in [1.29, 1.82) is 0 Å². The van der Waals surface area contributed by atoms with Gasteiger partial charge in [-0.05, 0) is 30.4 Å². The van der Waals surface area contributed by atoms with Crippen LogP contribution in [0.25, 0.3) is 0 Å². The minimum atomic E-state index is -0.0530. The van der Waals surface area contributed by atoms with Gasteiger partial charge in [0.1, 0.15) is 0 Å². The van der Waals surface area contributed by atoms with E-state index >= 15 is 0 Å². The van der Waals surface area contributed by atoms with Crippen LogP contribution in [0.3, 0.4) is 0 Å². The van der Waals surface area contributed by atoms with Crippen molar-refractivity contribution in [3.05, 3.63) is 23.8 Å². The number of aliphatic hydroxyl groups excluding tert-OH is 1. The highest BCUT2D eigenvalue weighted by molar-refractivity contribution is 7.99. The van der Waals surface area contributed by atoms with Crippen LogP contribution in [0.5, 0.6) is 0 Å². The lowest BCUT2D eigenvalue weighted by atomic mass is 10.1. The number of hydrogen-bond acceptors (Lipinski definition) is 5. The molecule has 0 fully saturated rings. The molecule has 0 saturated heterocycles. The molecule has 0 bridgehead atoms. The molecule has 0 aromatic heterocycles. The quantitative estimate of drug-likeness (QED) is 0.500. The minimum Gasteiger partial charge on any atom is -0.397 e. The summed E-state index contributed by atoms with van der Waals surface area (Å²) in [6, 6.07) is 5.31. The standard InChI is InChI=1S/C14H23N3O2S/c1-17(2)14(19)11-4-5-13(12(15)10-11)16-6-9-20-8-3-7-18/h4-5,10,16,18H,3,6-9,15H2,1-2H3. The lowest BCUT2D eigenvalue weighted by Gasteiger charge is -2.13. The fourth-order valence-corrected chi connectivity index (χ4v) is 2.43. The zero-order valence-electron chi connectivity index (χ0n) is 12.1. The van der Waals surface area contributed by atoms with Crippen LogP contribution in [0.2, 0.25) is 0 Å². The van der Waals surface area contributed by atoms with Crippen molar-refractivity contribution in [1.82, 2.24) is 4.90 Å². The molecule has 112 valence electrons. The molecular weight excluding hydrogens is 274 g/mol. The number of anilines is 2. The summed E-state index contributed by atoms with van der Waals surface area (Å²) >= 11 is 1.79. The average molecular weight is 297 g/mol. The van der Waals surface area contributed by atoms with Gasteiger partial charge in [0.2, 0.25) is 0 Å². The zero-order valence-corrected chi connectivity index (χ0v) is 12.9.